The van der Waals surface area contributed by atoms with E-state index in [0.717, 1.165) is 21.0 Å². The summed E-state index contributed by atoms with van der Waals surface area (Å²) in [6.07, 6.45) is 0. The summed E-state index contributed by atoms with van der Waals surface area (Å²) in [5.41, 5.74) is 13.0. The Hall–Kier alpha value is -2.62. The molecule has 0 N–H and O–H groups in total. The first-order valence-electron chi connectivity index (χ1n) is 20.2. The normalized spacial score (nSPS) is 11.8. The molecule has 6 aromatic carbocycles. The molecule has 2 nitrogen and oxygen atoms in total. The number of rotatable bonds is 4. The van der Waals surface area contributed by atoms with E-state index in [0.29, 0.717) is 0 Å². The molecule has 0 saturated carbocycles. The van der Waals surface area contributed by atoms with Crippen LogP contribution in [-0.2, 0) is 42.5 Å². The molecule has 310 valence electrons. The molecule has 0 aliphatic heterocycles. The molecule has 0 aliphatic rings. The van der Waals surface area contributed by atoms with Crippen molar-refractivity contribution in [1.82, 2.24) is 0 Å². The Morgan fingerprint density at radius 3 is 1.00 bits per heavy atom. The Balaban J connectivity index is 0.000000273. The van der Waals surface area contributed by atoms with Crippen LogP contribution in [0.4, 0.5) is 0 Å². The van der Waals surface area contributed by atoms with Crippen molar-refractivity contribution in [2.75, 3.05) is 14.2 Å². The van der Waals surface area contributed by atoms with Crippen LogP contribution in [0.3, 0.4) is 0 Å². The summed E-state index contributed by atoms with van der Waals surface area (Å²) in [6, 6.07) is 31.7. The Morgan fingerprint density at radius 2 is 0.776 bits per heavy atom. The third kappa shape index (κ3) is 12.2. The number of aryl methyl sites for hydroxylation is 2. The van der Waals surface area contributed by atoms with Gasteiger partial charge in [-0.05, 0) is 66.2 Å². The van der Waals surface area contributed by atoms with Gasteiger partial charge in [0.2, 0.25) is 0 Å². The van der Waals surface area contributed by atoms with Gasteiger partial charge >= 0.3 is 37.9 Å². The number of halogens is 2. The second-order valence-electron chi connectivity index (χ2n) is 19.5. The molecule has 6 heteroatoms. The quantitative estimate of drug-likeness (QED) is 0.130. The zero-order chi connectivity index (χ0) is 44.0. The van der Waals surface area contributed by atoms with Crippen molar-refractivity contribution < 1.29 is 30.3 Å². The molecule has 0 fully saturated rings. The summed E-state index contributed by atoms with van der Waals surface area (Å²) in [5.74, 6) is 2.00. The van der Waals surface area contributed by atoms with Crippen molar-refractivity contribution in [1.29, 1.82) is 0 Å². The summed E-state index contributed by atoms with van der Waals surface area (Å²) in [6.45, 7) is 35.6. The fourth-order valence-corrected chi connectivity index (χ4v) is 7.36. The van der Waals surface area contributed by atoms with E-state index in [2.05, 4.69) is 195 Å². The third-order valence-corrected chi connectivity index (χ3v) is 10.3. The first kappa shape index (κ1) is 49.7. The van der Waals surface area contributed by atoms with Crippen LogP contribution in [0, 0.1) is 13.8 Å². The molecule has 0 atom stereocenters. The summed E-state index contributed by atoms with van der Waals surface area (Å²) < 4.78 is 11.9. The van der Waals surface area contributed by atoms with Crippen molar-refractivity contribution in [3.63, 3.8) is 0 Å². The second-order valence-corrected chi connectivity index (χ2v) is 24.2. The molecule has 0 saturated heterocycles. The van der Waals surface area contributed by atoms with E-state index in [4.69, 9.17) is 26.5 Å². The average Bonchev–Trinajstić information content (AvgIpc) is 3.69. The number of ether oxygens (including phenoxy) is 2. The molecular formula is C52H68Cl2O2SiZr. The summed E-state index contributed by atoms with van der Waals surface area (Å²) in [4.78, 5) is 0. The Kier molecular flexibility index (Phi) is 17.4. The van der Waals surface area contributed by atoms with Crippen molar-refractivity contribution in [3.8, 4) is 33.8 Å². The molecule has 0 heterocycles. The summed E-state index contributed by atoms with van der Waals surface area (Å²) in [5, 5.41) is 5.14. The van der Waals surface area contributed by atoms with Crippen LogP contribution in [0.1, 0.15) is 116 Å². The predicted molar refractivity (Wildman–Crippen MR) is 257 cm³/mol. The molecule has 6 aromatic rings. The second kappa shape index (κ2) is 20.3. The Morgan fingerprint density at radius 1 is 0.500 bits per heavy atom. The number of benzene rings is 4. The third-order valence-electron chi connectivity index (χ3n) is 10.3. The summed E-state index contributed by atoms with van der Waals surface area (Å²) in [7, 11) is 14.5. The molecule has 0 unspecified atom stereocenters. The monoisotopic (exact) mass is 912 g/mol. The van der Waals surface area contributed by atoms with E-state index in [9.17, 15) is 0 Å². The van der Waals surface area contributed by atoms with Crippen LogP contribution in [0.2, 0.25) is 13.1 Å². The molecule has 0 bridgehead atoms. The van der Waals surface area contributed by atoms with Crippen LogP contribution in [0.5, 0.6) is 11.5 Å². The van der Waals surface area contributed by atoms with E-state index >= 15 is 0 Å². The Bertz CT molecular complexity index is 2070. The van der Waals surface area contributed by atoms with Crippen molar-refractivity contribution >= 4 is 48.1 Å². The van der Waals surface area contributed by atoms with Gasteiger partial charge in [0.15, 0.2) is 0 Å². The molecular weight excluding hydrogens is 847 g/mol. The molecule has 0 aromatic heterocycles. The molecule has 58 heavy (non-hydrogen) atoms. The van der Waals surface area contributed by atoms with Crippen LogP contribution >= 0.6 is 17.0 Å². The molecule has 0 aliphatic carbocycles. The van der Waals surface area contributed by atoms with Gasteiger partial charge in [-0.15, -0.1) is 56.9 Å². The summed E-state index contributed by atoms with van der Waals surface area (Å²) >= 11 is -0.826. The molecule has 0 amide bonds. The van der Waals surface area contributed by atoms with Crippen LogP contribution in [0.15, 0.2) is 84.9 Å². The number of fused-ring (bicyclic) bond motifs is 2. The van der Waals surface area contributed by atoms with Gasteiger partial charge in [-0.2, -0.15) is 12.1 Å². The van der Waals surface area contributed by atoms with E-state index in [1.54, 1.807) is 14.2 Å². The zero-order valence-corrected chi connectivity index (χ0v) is 43.6. The van der Waals surface area contributed by atoms with Gasteiger partial charge in [0, 0.05) is 9.52 Å². The standard InChI is InChI=1S/2C25H31O.C2H6Si.2ClH.Zr/c2*1-16-13-18-15-21(25(5,6)7)23(26-8)22(20(18)14-16)17-9-11-19(12-10-17)24(2,3)4;1-3-2;;;/h2*9-15H,1-8H3;1-2H3;2*1H;/q2*-1;;;;+4/p-2. The zero-order valence-electron chi connectivity index (χ0n) is 38.7. The van der Waals surface area contributed by atoms with Crippen molar-refractivity contribution in [2.24, 2.45) is 0 Å². The molecule has 0 spiro atoms. The average molecular weight is 915 g/mol. The maximum atomic E-state index is 5.97. The SMILES string of the molecule is COc1c(C(C)(C)C)cc2[cH-]c(C)cc2c1-c1ccc(C(C)(C)C)cc1.COc1c(C(C)(C)C)cc2[cH-]c(C)cc2c1-c1ccc(C(C)(C)C)cc1.C[Si]C.[Cl][Zr+2][Cl]. The first-order valence-corrected chi connectivity index (χ1v) is 28.5. The molecule has 2 radical (unpaired) electrons. The Labute approximate surface area is 373 Å². The number of hydrogen-bond acceptors (Lipinski definition) is 2. The maximum absolute atomic E-state index is 5.97. The van der Waals surface area contributed by atoms with Crippen LogP contribution in [-0.4, -0.2) is 23.7 Å². The van der Waals surface area contributed by atoms with Gasteiger partial charge in [0.05, 0.1) is 14.2 Å². The van der Waals surface area contributed by atoms with E-state index in [1.165, 1.54) is 77.2 Å². The van der Waals surface area contributed by atoms with Gasteiger partial charge < -0.3 is 9.47 Å². The fourth-order valence-electron chi connectivity index (χ4n) is 7.36. The van der Waals surface area contributed by atoms with Crippen LogP contribution < -0.4 is 9.47 Å². The minimum absolute atomic E-state index is 0.0187. The number of methoxy groups -OCH3 is 2. The van der Waals surface area contributed by atoms with E-state index in [-0.39, 0.29) is 21.7 Å². The van der Waals surface area contributed by atoms with Gasteiger partial charge in [0.1, 0.15) is 11.5 Å². The van der Waals surface area contributed by atoms with Gasteiger partial charge in [-0.1, -0.05) is 159 Å². The van der Waals surface area contributed by atoms with Gasteiger partial charge in [0.25, 0.3) is 0 Å². The minimum atomic E-state index is -0.826. The van der Waals surface area contributed by atoms with Gasteiger partial charge in [-0.3, -0.25) is 0 Å². The topological polar surface area (TPSA) is 18.5 Å². The van der Waals surface area contributed by atoms with Crippen molar-refractivity contribution in [2.45, 2.75) is 132 Å². The van der Waals surface area contributed by atoms with Gasteiger partial charge in [-0.25, -0.2) is 0 Å². The molecule has 6 rings (SSSR count). The predicted octanol–water partition coefficient (Wildman–Crippen LogP) is 16.4. The van der Waals surface area contributed by atoms with E-state index in [1.807, 2.05) is 0 Å². The van der Waals surface area contributed by atoms with Crippen molar-refractivity contribution in [3.05, 3.63) is 118 Å². The number of hydrogen-bond donors (Lipinski definition) is 0. The van der Waals surface area contributed by atoms with Crippen LogP contribution in [0.25, 0.3) is 43.8 Å². The first-order chi connectivity index (χ1) is 26.9. The fraction of sp³-hybridized carbons (Fsp3) is 0.423. The van der Waals surface area contributed by atoms with E-state index < -0.39 is 20.8 Å².